The molecule has 204 valence electrons. The number of halogens is 2. The Morgan fingerprint density at radius 3 is 2.58 bits per heavy atom. The smallest absolute Gasteiger partial charge is 0.342 e. The first-order valence-corrected chi connectivity index (χ1v) is 13.1. The lowest BCUT2D eigenvalue weighted by molar-refractivity contribution is -0.140. The maximum Gasteiger partial charge on any atom is 0.342 e. The van der Waals surface area contributed by atoms with E-state index in [-0.39, 0.29) is 23.6 Å². The predicted molar refractivity (Wildman–Crippen MR) is 139 cm³/mol. The van der Waals surface area contributed by atoms with Gasteiger partial charge in [-0.3, -0.25) is 15.0 Å². The molecule has 0 unspecified atom stereocenters. The van der Waals surface area contributed by atoms with Gasteiger partial charge >= 0.3 is 5.92 Å². The number of carbonyl (C=O) groups excluding carboxylic acids is 2. The number of aromatic nitrogens is 2. The highest BCUT2D eigenvalue weighted by Crippen LogP contribution is 2.39. The van der Waals surface area contributed by atoms with Crippen LogP contribution in [0.1, 0.15) is 55.3 Å². The number of hydrazine groups is 1. The monoisotopic (exact) mass is 529 g/mol. The summed E-state index contributed by atoms with van der Waals surface area (Å²) in [5.41, 5.74) is 4.09. The number of hydrogen-bond donors (Lipinski definition) is 2. The molecule has 0 atom stereocenters. The van der Waals surface area contributed by atoms with Crippen molar-refractivity contribution in [1.29, 1.82) is 0 Å². The molecule has 3 aliphatic rings. The Morgan fingerprint density at radius 1 is 1.13 bits per heavy atom. The molecule has 1 saturated heterocycles. The van der Waals surface area contributed by atoms with E-state index in [1.807, 2.05) is 5.01 Å². The highest BCUT2D eigenvalue weighted by molar-refractivity contribution is 6.02. The average Bonchev–Trinajstić information content (AvgIpc) is 3.42. The number of hydrogen-bond acceptors (Lipinski definition) is 8. The molecule has 10 nitrogen and oxygen atoms in total. The van der Waals surface area contributed by atoms with E-state index in [2.05, 4.69) is 20.7 Å². The fourth-order valence-electron chi connectivity index (χ4n) is 5.37. The summed E-state index contributed by atoms with van der Waals surface area (Å²) in [6.45, 7) is 0.917. The standard InChI is InChI=1S/C26H33F2N7O3/c1-33-20-15-29-25(31-22(20)35(16-26(27,28)24(33)37)18-8-4-3-5-9-18)30-19-11-10-17(14-21(19)38-2)23(36)32-34-12-6-7-13-34/h10-11,14-15,18H,3-9,12-13,16H2,1-2H3,(H,32,36)(H,29,30,31). The molecular weight excluding hydrogens is 496 g/mol. The van der Waals surface area contributed by atoms with Gasteiger partial charge in [0.15, 0.2) is 5.82 Å². The number of carbonyl (C=O) groups is 2. The summed E-state index contributed by atoms with van der Waals surface area (Å²) >= 11 is 0. The van der Waals surface area contributed by atoms with Crippen LogP contribution in [0.25, 0.3) is 0 Å². The van der Waals surface area contributed by atoms with Crippen molar-refractivity contribution in [2.75, 3.05) is 48.9 Å². The van der Waals surface area contributed by atoms with E-state index in [9.17, 15) is 18.4 Å². The van der Waals surface area contributed by atoms with Gasteiger partial charge in [-0.25, -0.2) is 9.99 Å². The molecule has 2 amide bonds. The number of amides is 2. The molecule has 38 heavy (non-hydrogen) atoms. The Hall–Kier alpha value is -3.54. The van der Waals surface area contributed by atoms with Crippen LogP contribution >= 0.6 is 0 Å². The lowest BCUT2D eigenvalue weighted by Crippen LogP contribution is -2.49. The van der Waals surface area contributed by atoms with E-state index in [4.69, 9.17) is 4.74 Å². The third kappa shape index (κ3) is 5.22. The molecule has 3 heterocycles. The zero-order chi connectivity index (χ0) is 26.9. The van der Waals surface area contributed by atoms with E-state index >= 15 is 0 Å². The van der Waals surface area contributed by atoms with Crippen molar-refractivity contribution in [2.45, 2.75) is 56.9 Å². The van der Waals surface area contributed by atoms with Crippen molar-refractivity contribution in [1.82, 2.24) is 20.4 Å². The van der Waals surface area contributed by atoms with Gasteiger partial charge in [-0.2, -0.15) is 13.8 Å². The van der Waals surface area contributed by atoms with Crippen molar-refractivity contribution >= 4 is 35.0 Å². The topological polar surface area (TPSA) is 103 Å². The minimum absolute atomic E-state index is 0.140. The molecule has 12 heteroatoms. The fraction of sp³-hybridized carbons (Fsp3) is 0.538. The molecular formula is C26H33F2N7O3. The third-order valence-electron chi connectivity index (χ3n) is 7.46. The quantitative estimate of drug-likeness (QED) is 0.584. The van der Waals surface area contributed by atoms with Crippen LogP contribution in [0.2, 0.25) is 0 Å². The first-order chi connectivity index (χ1) is 18.3. The van der Waals surface area contributed by atoms with E-state index in [1.165, 1.54) is 20.4 Å². The zero-order valence-electron chi connectivity index (χ0n) is 21.7. The van der Waals surface area contributed by atoms with E-state index in [0.717, 1.165) is 62.9 Å². The van der Waals surface area contributed by atoms with Crippen LogP contribution in [0.4, 0.5) is 31.9 Å². The molecule has 0 bridgehead atoms. The Kier molecular flexibility index (Phi) is 7.33. The van der Waals surface area contributed by atoms with Crippen LogP contribution in [0.15, 0.2) is 24.4 Å². The van der Waals surface area contributed by atoms with E-state index in [1.54, 1.807) is 23.1 Å². The largest absolute Gasteiger partial charge is 0.495 e. The number of rotatable bonds is 6. The minimum Gasteiger partial charge on any atom is -0.495 e. The first-order valence-electron chi connectivity index (χ1n) is 13.1. The Balaban J connectivity index is 1.43. The van der Waals surface area contributed by atoms with Gasteiger partial charge in [0.2, 0.25) is 5.95 Å². The van der Waals surface area contributed by atoms with Crippen LogP contribution in [-0.2, 0) is 4.79 Å². The number of nitrogens with one attached hydrogen (secondary N) is 2. The second kappa shape index (κ2) is 10.7. The molecule has 5 rings (SSSR count). The normalized spacial score (nSPS) is 20.2. The Bertz CT molecular complexity index is 1200. The summed E-state index contributed by atoms with van der Waals surface area (Å²) < 4.78 is 35.3. The Labute approximate surface area is 220 Å². The van der Waals surface area contributed by atoms with Crippen molar-refractivity contribution in [2.24, 2.45) is 0 Å². The molecule has 0 radical (unpaired) electrons. The molecule has 0 spiro atoms. The van der Waals surface area contributed by atoms with Crippen molar-refractivity contribution < 1.29 is 23.1 Å². The molecule has 1 saturated carbocycles. The average molecular weight is 530 g/mol. The molecule has 1 aromatic carbocycles. The van der Waals surface area contributed by atoms with Gasteiger partial charge in [0, 0.05) is 31.7 Å². The van der Waals surface area contributed by atoms with Crippen molar-refractivity contribution in [3.8, 4) is 5.75 Å². The maximum atomic E-state index is 14.9. The van der Waals surface area contributed by atoms with Crippen LogP contribution < -0.4 is 25.3 Å². The number of nitrogens with zero attached hydrogens (tertiary/aromatic N) is 5. The summed E-state index contributed by atoms with van der Waals surface area (Å²) in [4.78, 5) is 36.7. The number of fused-ring (bicyclic) bond motifs is 1. The van der Waals surface area contributed by atoms with Crippen LogP contribution in [0.5, 0.6) is 5.75 Å². The SMILES string of the molecule is COc1cc(C(=O)NN2CCCC2)ccc1Nc1ncc2c(n1)N(C1CCCCC1)CC(F)(F)C(=O)N2C. The van der Waals surface area contributed by atoms with Gasteiger partial charge in [-0.1, -0.05) is 19.3 Å². The number of methoxy groups -OCH3 is 1. The number of benzene rings is 1. The number of alkyl halides is 2. The maximum absolute atomic E-state index is 14.9. The highest BCUT2D eigenvalue weighted by Gasteiger charge is 2.48. The van der Waals surface area contributed by atoms with Crippen LogP contribution in [0.3, 0.4) is 0 Å². The summed E-state index contributed by atoms with van der Waals surface area (Å²) in [7, 11) is 2.82. The second-order valence-corrected chi connectivity index (χ2v) is 10.1. The number of anilines is 4. The Morgan fingerprint density at radius 2 is 1.87 bits per heavy atom. The van der Waals surface area contributed by atoms with Crippen LogP contribution in [-0.4, -0.2) is 72.5 Å². The summed E-state index contributed by atoms with van der Waals surface area (Å²) in [6.07, 6.45) is 7.96. The predicted octanol–water partition coefficient (Wildman–Crippen LogP) is 3.72. The minimum atomic E-state index is -3.55. The van der Waals surface area contributed by atoms with Gasteiger partial charge in [0.05, 0.1) is 25.5 Å². The van der Waals surface area contributed by atoms with Crippen molar-refractivity contribution in [3.05, 3.63) is 30.0 Å². The summed E-state index contributed by atoms with van der Waals surface area (Å²) in [6, 6.07) is 4.84. The molecule has 2 aliphatic heterocycles. The van der Waals surface area contributed by atoms with Gasteiger partial charge in [0.25, 0.3) is 11.8 Å². The molecule has 1 aromatic heterocycles. The lowest BCUT2D eigenvalue weighted by Gasteiger charge is -2.35. The van der Waals surface area contributed by atoms with E-state index in [0.29, 0.717) is 22.8 Å². The van der Waals surface area contributed by atoms with Crippen LogP contribution in [0, 0.1) is 0 Å². The van der Waals surface area contributed by atoms with Gasteiger partial charge < -0.3 is 19.9 Å². The van der Waals surface area contributed by atoms with Gasteiger partial charge in [0.1, 0.15) is 11.4 Å². The third-order valence-corrected chi connectivity index (χ3v) is 7.46. The fourth-order valence-corrected chi connectivity index (χ4v) is 5.37. The summed E-state index contributed by atoms with van der Waals surface area (Å²) in [5.74, 6) is -4.18. The second-order valence-electron chi connectivity index (χ2n) is 10.1. The molecule has 1 aliphatic carbocycles. The van der Waals surface area contributed by atoms with E-state index < -0.39 is 18.4 Å². The molecule has 2 fully saturated rings. The van der Waals surface area contributed by atoms with Crippen molar-refractivity contribution in [3.63, 3.8) is 0 Å². The first kappa shape index (κ1) is 26.1. The molecule has 2 N–H and O–H groups in total. The van der Waals surface area contributed by atoms with Gasteiger partial charge in [-0.05, 0) is 43.9 Å². The zero-order valence-corrected chi connectivity index (χ0v) is 21.7. The summed E-state index contributed by atoms with van der Waals surface area (Å²) in [5, 5.41) is 4.99. The molecule has 2 aromatic rings. The number of ether oxygens (including phenoxy) is 1. The highest BCUT2D eigenvalue weighted by atomic mass is 19.3. The van der Waals surface area contributed by atoms with Gasteiger partial charge in [-0.15, -0.1) is 0 Å². The lowest BCUT2D eigenvalue weighted by atomic mass is 9.94.